The number of halogens is 1. The lowest BCUT2D eigenvalue weighted by molar-refractivity contribution is 0.494. The van der Waals surface area contributed by atoms with E-state index in [9.17, 15) is 0 Å². The second kappa shape index (κ2) is 7.77. The Morgan fingerprint density at radius 3 is 1.81 bits per heavy atom. The Balaban J connectivity index is 1.99. The summed E-state index contributed by atoms with van der Waals surface area (Å²) in [5.74, 6) is 0. The number of hydrogen-bond donors (Lipinski definition) is 1. The van der Waals surface area contributed by atoms with E-state index in [1.54, 1.807) is 0 Å². The molecule has 1 unspecified atom stereocenters. The molecular formula is C19H24BrN. The molecule has 0 aliphatic heterocycles. The zero-order valence-corrected chi connectivity index (χ0v) is 14.7. The van der Waals surface area contributed by atoms with Crippen molar-refractivity contribution in [3.63, 3.8) is 0 Å². The lowest BCUT2D eigenvalue weighted by atomic mass is 10.0. The molecule has 0 bridgehead atoms. The van der Waals surface area contributed by atoms with Gasteiger partial charge in [-0.25, -0.2) is 0 Å². The zero-order chi connectivity index (χ0) is 15.2. The number of benzene rings is 2. The van der Waals surface area contributed by atoms with E-state index in [0.717, 1.165) is 10.9 Å². The molecule has 2 aromatic carbocycles. The van der Waals surface area contributed by atoms with Crippen molar-refractivity contribution in [1.82, 2.24) is 5.32 Å². The van der Waals surface area contributed by atoms with Gasteiger partial charge in [0, 0.05) is 16.6 Å². The first-order chi connectivity index (χ1) is 10.1. The molecule has 21 heavy (non-hydrogen) atoms. The molecule has 1 N–H and O–H groups in total. The SMILES string of the molecule is CCCc1ccc(C(C)N[C@H](C)c2ccc(Br)cc2)cc1. The van der Waals surface area contributed by atoms with E-state index in [4.69, 9.17) is 0 Å². The van der Waals surface area contributed by atoms with Gasteiger partial charge in [0.05, 0.1) is 0 Å². The van der Waals surface area contributed by atoms with Crippen LogP contribution in [0.15, 0.2) is 53.0 Å². The predicted molar refractivity (Wildman–Crippen MR) is 94.5 cm³/mol. The summed E-state index contributed by atoms with van der Waals surface area (Å²) in [4.78, 5) is 0. The van der Waals surface area contributed by atoms with Gasteiger partial charge in [-0.2, -0.15) is 0 Å². The fourth-order valence-electron chi connectivity index (χ4n) is 2.58. The van der Waals surface area contributed by atoms with Crippen molar-refractivity contribution in [3.8, 4) is 0 Å². The Morgan fingerprint density at radius 1 is 0.857 bits per heavy atom. The van der Waals surface area contributed by atoms with Gasteiger partial charge in [-0.3, -0.25) is 0 Å². The molecule has 0 fully saturated rings. The van der Waals surface area contributed by atoms with Gasteiger partial charge < -0.3 is 5.32 Å². The molecular weight excluding hydrogens is 322 g/mol. The maximum absolute atomic E-state index is 3.67. The summed E-state index contributed by atoms with van der Waals surface area (Å²) in [5.41, 5.74) is 4.08. The van der Waals surface area contributed by atoms with Gasteiger partial charge in [-0.15, -0.1) is 0 Å². The minimum absolute atomic E-state index is 0.336. The zero-order valence-electron chi connectivity index (χ0n) is 13.1. The maximum atomic E-state index is 3.67. The molecule has 0 aromatic heterocycles. The van der Waals surface area contributed by atoms with Gasteiger partial charge in [0.2, 0.25) is 0 Å². The fraction of sp³-hybridized carbons (Fsp3) is 0.368. The quantitative estimate of drug-likeness (QED) is 0.696. The second-order valence-corrected chi connectivity index (χ2v) is 6.57. The van der Waals surface area contributed by atoms with E-state index in [2.05, 4.69) is 90.5 Å². The molecule has 0 heterocycles. The van der Waals surface area contributed by atoms with Crippen LogP contribution < -0.4 is 5.32 Å². The van der Waals surface area contributed by atoms with Crippen LogP contribution in [-0.2, 0) is 6.42 Å². The van der Waals surface area contributed by atoms with Crippen molar-refractivity contribution in [2.24, 2.45) is 0 Å². The van der Waals surface area contributed by atoms with Gasteiger partial charge in [-0.1, -0.05) is 65.7 Å². The predicted octanol–water partition coefficient (Wildman–Crippen LogP) is 5.81. The molecule has 2 aromatic rings. The standard InChI is InChI=1S/C19H24BrN/c1-4-5-16-6-8-17(9-7-16)14(2)21-15(3)18-10-12-19(20)13-11-18/h6-15,21H,4-5H2,1-3H3/t14?,15-/m1/s1. The van der Waals surface area contributed by atoms with E-state index in [1.165, 1.54) is 23.1 Å². The van der Waals surface area contributed by atoms with Crippen LogP contribution in [0.5, 0.6) is 0 Å². The Hall–Kier alpha value is -1.12. The van der Waals surface area contributed by atoms with E-state index < -0.39 is 0 Å². The highest BCUT2D eigenvalue weighted by molar-refractivity contribution is 9.10. The molecule has 112 valence electrons. The highest BCUT2D eigenvalue weighted by atomic mass is 79.9. The molecule has 0 radical (unpaired) electrons. The van der Waals surface area contributed by atoms with Crippen LogP contribution in [0.3, 0.4) is 0 Å². The number of nitrogens with one attached hydrogen (secondary N) is 1. The summed E-state index contributed by atoms with van der Waals surface area (Å²) in [6, 6.07) is 18.2. The Morgan fingerprint density at radius 2 is 1.33 bits per heavy atom. The van der Waals surface area contributed by atoms with Crippen LogP contribution in [0.2, 0.25) is 0 Å². The second-order valence-electron chi connectivity index (χ2n) is 5.65. The number of hydrogen-bond acceptors (Lipinski definition) is 1. The molecule has 0 aliphatic rings. The normalized spacial score (nSPS) is 13.9. The van der Waals surface area contributed by atoms with Crippen molar-refractivity contribution >= 4 is 15.9 Å². The average Bonchev–Trinajstić information content (AvgIpc) is 2.49. The summed E-state index contributed by atoms with van der Waals surface area (Å²) in [7, 11) is 0. The Kier molecular flexibility index (Phi) is 6.01. The maximum Gasteiger partial charge on any atom is 0.0297 e. The Bertz CT molecular complexity index is 545. The highest BCUT2D eigenvalue weighted by Crippen LogP contribution is 2.21. The van der Waals surface area contributed by atoms with Crippen LogP contribution in [0.25, 0.3) is 0 Å². The molecule has 2 atom stereocenters. The summed E-state index contributed by atoms with van der Waals surface area (Å²) < 4.78 is 1.12. The molecule has 1 nitrogen and oxygen atoms in total. The smallest absolute Gasteiger partial charge is 0.0297 e. The molecule has 0 amide bonds. The van der Waals surface area contributed by atoms with Gasteiger partial charge in [0.25, 0.3) is 0 Å². The first-order valence-corrected chi connectivity index (χ1v) is 8.49. The van der Waals surface area contributed by atoms with Gasteiger partial charge in [-0.05, 0) is 49.1 Å². The topological polar surface area (TPSA) is 12.0 Å². The summed E-state index contributed by atoms with van der Waals surface area (Å²) in [6.45, 7) is 6.66. The molecule has 0 saturated carbocycles. The minimum Gasteiger partial charge on any atom is -0.304 e. The van der Waals surface area contributed by atoms with E-state index in [-0.39, 0.29) is 0 Å². The van der Waals surface area contributed by atoms with Crippen LogP contribution in [0.4, 0.5) is 0 Å². The first-order valence-electron chi connectivity index (χ1n) is 7.70. The first kappa shape index (κ1) is 16.3. The van der Waals surface area contributed by atoms with Crippen LogP contribution in [0.1, 0.15) is 56.0 Å². The molecule has 2 rings (SSSR count). The van der Waals surface area contributed by atoms with Gasteiger partial charge >= 0.3 is 0 Å². The van der Waals surface area contributed by atoms with Crippen molar-refractivity contribution in [3.05, 3.63) is 69.7 Å². The summed E-state index contributed by atoms with van der Waals surface area (Å²) in [5, 5.41) is 3.67. The number of rotatable bonds is 6. The fourth-order valence-corrected chi connectivity index (χ4v) is 2.84. The summed E-state index contributed by atoms with van der Waals surface area (Å²) >= 11 is 3.48. The van der Waals surface area contributed by atoms with E-state index in [1.807, 2.05) is 0 Å². The lowest BCUT2D eigenvalue weighted by Crippen LogP contribution is -2.22. The van der Waals surface area contributed by atoms with Crippen molar-refractivity contribution in [2.75, 3.05) is 0 Å². The van der Waals surface area contributed by atoms with Crippen molar-refractivity contribution in [2.45, 2.75) is 45.7 Å². The third-order valence-corrected chi connectivity index (χ3v) is 4.42. The molecule has 0 spiro atoms. The largest absolute Gasteiger partial charge is 0.304 e. The van der Waals surface area contributed by atoms with E-state index >= 15 is 0 Å². The molecule has 2 heteroatoms. The lowest BCUT2D eigenvalue weighted by Gasteiger charge is -2.21. The van der Waals surface area contributed by atoms with Crippen molar-refractivity contribution in [1.29, 1.82) is 0 Å². The third-order valence-electron chi connectivity index (χ3n) is 3.89. The monoisotopic (exact) mass is 345 g/mol. The highest BCUT2D eigenvalue weighted by Gasteiger charge is 2.11. The van der Waals surface area contributed by atoms with Crippen LogP contribution in [-0.4, -0.2) is 0 Å². The van der Waals surface area contributed by atoms with Crippen LogP contribution >= 0.6 is 15.9 Å². The molecule has 0 saturated heterocycles. The third kappa shape index (κ3) is 4.69. The summed E-state index contributed by atoms with van der Waals surface area (Å²) in [6.07, 6.45) is 2.37. The number of aryl methyl sites for hydroxylation is 1. The minimum atomic E-state index is 0.336. The van der Waals surface area contributed by atoms with Crippen molar-refractivity contribution < 1.29 is 0 Å². The Labute approximate surface area is 136 Å². The average molecular weight is 346 g/mol. The van der Waals surface area contributed by atoms with Gasteiger partial charge in [0.1, 0.15) is 0 Å². The van der Waals surface area contributed by atoms with Gasteiger partial charge in [0.15, 0.2) is 0 Å². The molecule has 0 aliphatic carbocycles. The van der Waals surface area contributed by atoms with Crippen LogP contribution in [0, 0.1) is 0 Å². The van der Waals surface area contributed by atoms with E-state index in [0.29, 0.717) is 12.1 Å².